The Kier molecular flexibility index (Phi) is 3.17. The van der Waals surface area contributed by atoms with Gasteiger partial charge in [0.1, 0.15) is 11.6 Å². The zero-order valence-electron chi connectivity index (χ0n) is 10.6. The smallest absolute Gasteiger partial charge is 0.247 e. The van der Waals surface area contributed by atoms with E-state index in [0.29, 0.717) is 5.82 Å². The van der Waals surface area contributed by atoms with Gasteiger partial charge in [-0.1, -0.05) is 6.07 Å². The minimum Gasteiger partial charge on any atom is -0.247 e. The zero-order valence-corrected chi connectivity index (χ0v) is 11.4. The highest BCUT2D eigenvalue weighted by molar-refractivity contribution is 7.92. The van der Waals surface area contributed by atoms with Gasteiger partial charge in [0.2, 0.25) is 0 Å². The van der Waals surface area contributed by atoms with E-state index in [4.69, 9.17) is 0 Å². The molecule has 1 aromatic heterocycles. The van der Waals surface area contributed by atoms with Crippen LogP contribution in [0.25, 0.3) is 0 Å². The monoisotopic (exact) mass is 292 g/mol. The molecule has 6 heteroatoms. The average Bonchev–Trinajstić information content (AvgIpc) is 3.25. The second-order valence-corrected chi connectivity index (χ2v) is 6.49. The first-order valence-corrected chi connectivity index (χ1v) is 7.74. The highest BCUT2D eigenvalue weighted by atomic mass is 32.2. The van der Waals surface area contributed by atoms with E-state index < -0.39 is 15.8 Å². The number of pyridine rings is 1. The zero-order chi connectivity index (χ0) is 14.2. The van der Waals surface area contributed by atoms with E-state index in [-0.39, 0.29) is 10.9 Å². The Morgan fingerprint density at radius 2 is 1.80 bits per heavy atom. The number of anilines is 1. The van der Waals surface area contributed by atoms with Gasteiger partial charge < -0.3 is 0 Å². The minimum absolute atomic E-state index is 0.0556. The van der Waals surface area contributed by atoms with Crippen molar-refractivity contribution in [1.82, 2.24) is 4.98 Å². The van der Waals surface area contributed by atoms with Crippen molar-refractivity contribution < 1.29 is 12.8 Å². The van der Waals surface area contributed by atoms with Gasteiger partial charge in [0.05, 0.1) is 4.90 Å². The molecule has 1 aliphatic rings. The van der Waals surface area contributed by atoms with E-state index >= 15 is 0 Å². The maximum Gasteiger partial charge on any atom is 0.265 e. The summed E-state index contributed by atoms with van der Waals surface area (Å²) in [6.07, 6.45) is 3.19. The Balaban J connectivity index is 2.05. The third kappa shape index (κ3) is 2.38. The lowest BCUT2D eigenvalue weighted by Crippen LogP contribution is -2.33. The van der Waals surface area contributed by atoms with Crippen molar-refractivity contribution in [2.24, 2.45) is 0 Å². The van der Waals surface area contributed by atoms with Crippen molar-refractivity contribution in [3.63, 3.8) is 0 Å². The van der Waals surface area contributed by atoms with Crippen molar-refractivity contribution >= 4 is 15.8 Å². The van der Waals surface area contributed by atoms with E-state index in [9.17, 15) is 12.8 Å². The predicted molar refractivity (Wildman–Crippen MR) is 73.3 cm³/mol. The summed E-state index contributed by atoms with van der Waals surface area (Å²) in [5.74, 6) is -0.0564. The van der Waals surface area contributed by atoms with Crippen molar-refractivity contribution in [3.8, 4) is 0 Å². The molecule has 1 saturated carbocycles. The first kappa shape index (κ1) is 13.1. The number of aromatic nitrogens is 1. The maximum atomic E-state index is 12.9. The molecule has 1 aromatic carbocycles. The molecular weight excluding hydrogens is 279 g/mol. The number of rotatable bonds is 4. The fourth-order valence-corrected chi connectivity index (χ4v) is 3.68. The molecule has 0 spiro atoms. The van der Waals surface area contributed by atoms with E-state index in [1.165, 1.54) is 16.4 Å². The van der Waals surface area contributed by atoms with Gasteiger partial charge in [-0.2, -0.15) is 0 Å². The quantitative estimate of drug-likeness (QED) is 0.870. The summed E-state index contributed by atoms with van der Waals surface area (Å²) in [5, 5.41) is 0. The van der Waals surface area contributed by atoms with Crippen LogP contribution in [0.4, 0.5) is 10.2 Å². The molecule has 1 aliphatic carbocycles. The van der Waals surface area contributed by atoms with Gasteiger partial charge in [0.25, 0.3) is 10.0 Å². The molecule has 2 aromatic rings. The summed E-state index contributed by atoms with van der Waals surface area (Å²) in [6.45, 7) is 0. The van der Waals surface area contributed by atoms with Crippen LogP contribution in [0.2, 0.25) is 0 Å². The SMILES string of the molecule is O=S(=O)(c1ccc(F)cc1)N(c1ccccn1)C1CC1. The lowest BCUT2D eigenvalue weighted by atomic mass is 10.4. The Hall–Kier alpha value is -1.95. The van der Waals surface area contributed by atoms with Gasteiger partial charge in [0.15, 0.2) is 0 Å². The van der Waals surface area contributed by atoms with Crippen molar-refractivity contribution in [2.45, 2.75) is 23.8 Å². The third-order valence-corrected chi connectivity index (χ3v) is 5.00. The van der Waals surface area contributed by atoms with E-state index in [1.807, 2.05) is 0 Å². The van der Waals surface area contributed by atoms with Crippen LogP contribution in [-0.2, 0) is 10.0 Å². The fourth-order valence-electron chi connectivity index (χ4n) is 2.02. The molecule has 0 aliphatic heterocycles. The third-order valence-electron chi connectivity index (χ3n) is 3.12. The van der Waals surface area contributed by atoms with Gasteiger partial charge in [-0.3, -0.25) is 0 Å². The summed E-state index contributed by atoms with van der Waals surface area (Å²) >= 11 is 0. The molecule has 0 bridgehead atoms. The van der Waals surface area contributed by atoms with Crippen molar-refractivity contribution in [3.05, 3.63) is 54.5 Å². The summed E-state index contributed by atoms with van der Waals surface area (Å²) in [5.41, 5.74) is 0. The number of nitrogens with zero attached hydrogens (tertiary/aromatic N) is 2. The Labute approximate surface area is 116 Å². The minimum atomic E-state index is -3.70. The summed E-state index contributed by atoms with van der Waals surface area (Å²) in [7, 11) is -3.70. The number of halogens is 1. The molecular formula is C14H13FN2O2S. The highest BCUT2D eigenvalue weighted by Crippen LogP contribution is 2.35. The van der Waals surface area contributed by atoms with E-state index in [1.54, 1.807) is 24.4 Å². The molecule has 4 nitrogen and oxygen atoms in total. The summed E-state index contributed by atoms with van der Waals surface area (Å²) < 4.78 is 39.7. The molecule has 1 fully saturated rings. The standard InChI is InChI=1S/C14H13FN2O2S/c15-11-4-8-13(9-5-11)20(18,19)17(12-6-7-12)14-3-1-2-10-16-14/h1-5,8-10,12H,6-7H2. The van der Waals surface area contributed by atoms with Gasteiger partial charge in [-0.05, 0) is 49.2 Å². The first-order chi connectivity index (χ1) is 9.59. The van der Waals surface area contributed by atoms with E-state index in [2.05, 4.69) is 4.98 Å². The Morgan fingerprint density at radius 1 is 1.10 bits per heavy atom. The lowest BCUT2D eigenvalue weighted by Gasteiger charge is -2.23. The Bertz CT molecular complexity index is 698. The van der Waals surface area contributed by atoms with Crippen molar-refractivity contribution in [1.29, 1.82) is 0 Å². The second kappa shape index (κ2) is 4.86. The molecule has 0 radical (unpaired) electrons. The van der Waals surface area contributed by atoms with Crippen LogP contribution in [-0.4, -0.2) is 19.4 Å². The van der Waals surface area contributed by atoms with Gasteiger partial charge in [0, 0.05) is 12.2 Å². The largest absolute Gasteiger partial charge is 0.265 e. The predicted octanol–water partition coefficient (Wildman–Crippen LogP) is 2.58. The Morgan fingerprint density at radius 3 is 2.35 bits per heavy atom. The van der Waals surface area contributed by atoms with Crippen LogP contribution in [0, 0.1) is 5.82 Å². The van der Waals surface area contributed by atoms with Crippen LogP contribution < -0.4 is 4.31 Å². The molecule has 3 rings (SSSR count). The van der Waals surface area contributed by atoms with Crippen LogP contribution in [0.5, 0.6) is 0 Å². The van der Waals surface area contributed by atoms with Crippen molar-refractivity contribution in [2.75, 3.05) is 4.31 Å². The van der Waals surface area contributed by atoms with Crippen LogP contribution in [0.3, 0.4) is 0 Å². The molecule has 0 saturated heterocycles. The number of benzene rings is 1. The highest BCUT2D eigenvalue weighted by Gasteiger charge is 2.38. The average molecular weight is 292 g/mol. The molecule has 104 valence electrons. The normalized spacial score (nSPS) is 15.1. The number of hydrogen-bond acceptors (Lipinski definition) is 3. The van der Waals surface area contributed by atoms with Gasteiger partial charge >= 0.3 is 0 Å². The molecule has 0 amide bonds. The lowest BCUT2D eigenvalue weighted by molar-refractivity contribution is 0.588. The number of hydrogen-bond donors (Lipinski definition) is 0. The van der Waals surface area contributed by atoms with Gasteiger partial charge in [-0.25, -0.2) is 22.1 Å². The summed E-state index contributed by atoms with van der Waals surface area (Å²) in [4.78, 5) is 4.20. The molecule has 0 N–H and O–H groups in total. The molecule has 20 heavy (non-hydrogen) atoms. The topological polar surface area (TPSA) is 50.3 Å². The van der Waals surface area contributed by atoms with Crippen LogP contribution in [0.15, 0.2) is 53.6 Å². The maximum absolute atomic E-state index is 12.9. The van der Waals surface area contributed by atoms with Gasteiger partial charge in [-0.15, -0.1) is 0 Å². The number of sulfonamides is 1. The molecule has 0 atom stereocenters. The van der Waals surface area contributed by atoms with Crippen LogP contribution in [0.1, 0.15) is 12.8 Å². The second-order valence-electron chi connectivity index (χ2n) is 4.67. The van der Waals surface area contributed by atoms with E-state index in [0.717, 1.165) is 25.0 Å². The molecule has 0 unspecified atom stereocenters. The van der Waals surface area contributed by atoms with Crippen LogP contribution >= 0.6 is 0 Å². The fraction of sp³-hybridized carbons (Fsp3) is 0.214. The summed E-state index contributed by atoms with van der Waals surface area (Å²) in [6, 6.07) is 9.95. The molecule has 1 heterocycles. The first-order valence-electron chi connectivity index (χ1n) is 6.30.